The van der Waals surface area contributed by atoms with Gasteiger partial charge in [0.15, 0.2) is 0 Å². The van der Waals surface area contributed by atoms with Crippen LogP contribution in [0.15, 0.2) is 122 Å². The lowest BCUT2D eigenvalue weighted by atomic mass is 10.0. The van der Waals surface area contributed by atoms with Crippen molar-refractivity contribution >= 4 is 19.7 Å². The molecule has 0 heterocycles. The Labute approximate surface area is 493 Å². The van der Waals surface area contributed by atoms with Crippen LogP contribution in [0, 0.1) is 0 Å². The molecular formula is C70H121N2O7P. The normalized spacial score (nSPS) is 14.4. The van der Waals surface area contributed by atoms with E-state index in [2.05, 4.69) is 135 Å². The molecule has 0 aromatic heterocycles. The molecule has 80 heavy (non-hydrogen) atoms. The average molecular weight is 1130 g/mol. The summed E-state index contributed by atoms with van der Waals surface area (Å²) in [7, 11) is 1.14. The van der Waals surface area contributed by atoms with Crippen LogP contribution >= 0.6 is 7.82 Å². The van der Waals surface area contributed by atoms with Crippen LogP contribution in [0.2, 0.25) is 0 Å². The molecule has 10 heteroatoms. The summed E-state index contributed by atoms with van der Waals surface area (Å²) in [4.78, 5) is 40.1. The Hall–Kier alpha value is -3.59. The Kier molecular flexibility index (Phi) is 56.0. The van der Waals surface area contributed by atoms with Crippen LogP contribution in [0.1, 0.15) is 258 Å². The largest absolute Gasteiger partial charge is 0.756 e. The maximum atomic E-state index is 13.5. The number of quaternary nitrogens is 1. The maximum absolute atomic E-state index is 13.5. The van der Waals surface area contributed by atoms with Gasteiger partial charge in [-0.3, -0.25) is 14.2 Å². The lowest BCUT2D eigenvalue weighted by molar-refractivity contribution is -0.870. The predicted molar refractivity (Wildman–Crippen MR) is 343 cm³/mol. The highest BCUT2D eigenvalue weighted by molar-refractivity contribution is 7.45. The number of unbranched alkanes of at least 4 members (excludes halogenated alkanes) is 23. The van der Waals surface area contributed by atoms with Gasteiger partial charge in [-0.15, -0.1) is 0 Å². The zero-order chi connectivity index (χ0) is 58.6. The number of nitrogens with zero attached hydrogens (tertiary/aromatic N) is 1. The van der Waals surface area contributed by atoms with E-state index in [1.165, 1.54) is 96.3 Å². The van der Waals surface area contributed by atoms with Gasteiger partial charge in [0.25, 0.3) is 7.82 Å². The Bertz CT molecular complexity index is 1780. The second-order valence-corrected chi connectivity index (χ2v) is 23.9. The van der Waals surface area contributed by atoms with Gasteiger partial charge in [-0.25, -0.2) is 0 Å². The summed E-state index contributed by atoms with van der Waals surface area (Å²) in [5.41, 5.74) is 0. The number of rotatable bonds is 57. The number of amides is 1. The monoisotopic (exact) mass is 1130 g/mol. The number of esters is 1. The van der Waals surface area contributed by atoms with E-state index in [0.29, 0.717) is 23.9 Å². The molecule has 0 aliphatic heterocycles. The van der Waals surface area contributed by atoms with E-state index in [0.717, 1.165) is 116 Å². The molecule has 0 aliphatic rings. The van der Waals surface area contributed by atoms with E-state index < -0.39 is 26.6 Å². The van der Waals surface area contributed by atoms with Crippen molar-refractivity contribution in [2.75, 3.05) is 40.9 Å². The van der Waals surface area contributed by atoms with E-state index >= 15 is 0 Å². The van der Waals surface area contributed by atoms with Crippen LogP contribution in [0.5, 0.6) is 0 Å². The number of nitrogens with one attached hydrogen (secondary N) is 1. The third kappa shape index (κ3) is 59.0. The standard InChI is InChI=1S/C70H121N2O7P/c1-7-10-13-16-19-22-25-28-30-32-34-35-36-37-39-41-43-45-48-51-54-57-60-63-70(74)79-68(61-58-55-52-49-46-27-24-21-18-15-12-9-3)67(66-78-80(75,76)77-65-64-72(4,5)6)71-69(73)62-59-56-53-50-47-44-42-40-38-33-31-29-26-23-20-17-14-11-8-2/h10,13,19-20,22-23,28-31,34-35,37-40,44,47,58,61,67-68H,7-9,11-12,14-18,21,24-27,32-33,36,41-43,45-46,48-57,59-60,62-66H2,1-6H3,(H-,71,73,75,76)/b13-10-,22-19-,23-20-,30-28-,31-29-,35-34-,39-37-,40-38-,47-44-,61-58+. The number of likely N-dealkylation sites (N-methyl/N-ethyl adjacent to an activating group) is 1. The van der Waals surface area contributed by atoms with Gasteiger partial charge in [-0.1, -0.05) is 245 Å². The summed E-state index contributed by atoms with van der Waals surface area (Å²) >= 11 is 0. The van der Waals surface area contributed by atoms with E-state index in [1.807, 2.05) is 33.3 Å². The minimum Gasteiger partial charge on any atom is -0.756 e. The fourth-order valence-electron chi connectivity index (χ4n) is 8.65. The van der Waals surface area contributed by atoms with Gasteiger partial charge in [0.2, 0.25) is 5.91 Å². The number of ether oxygens (including phenoxy) is 1. The molecule has 0 aromatic rings. The highest BCUT2D eigenvalue weighted by Crippen LogP contribution is 2.38. The quantitative estimate of drug-likeness (QED) is 0.0212. The van der Waals surface area contributed by atoms with Crippen LogP contribution in [-0.2, 0) is 27.9 Å². The van der Waals surface area contributed by atoms with Gasteiger partial charge in [0, 0.05) is 12.8 Å². The first-order chi connectivity index (χ1) is 38.9. The molecule has 3 atom stereocenters. The van der Waals surface area contributed by atoms with Crippen molar-refractivity contribution in [1.82, 2.24) is 5.32 Å². The van der Waals surface area contributed by atoms with Gasteiger partial charge in [0.05, 0.1) is 33.8 Å². The van der Waals surface area contributed by atoms with Crippen molar-refractivity contribution in [2.24, 2.45) is 0 Å². The Morgan fingerprint density at radius 1 is 0.450 bits per heavy atom. The SMILES string of the molecule is CC/C=C\C/C=C\C/C=C\C/C=C\C/C=C\CCCCCCCCCC(=O)OC(/C=C/CCCCCCCCCCCC)C(COP(=O)([O-])OCC[N+](C)(C)C)NC(=O)CCCCC/C=C\C/C=C\C/C=C\C/C=C\CCCCC. The number of carbonyl (C=O) groups is 2. The van der Waals surface area contributed by atoms with Crippen molar-refractivity contribution in [3.8, 4) is 0 Å². The summed E-state index contributed by atoms with van der Waals surface area (Å²) in [6.45, 7) is 6.66. The second-order valence-electron chi connectivity index (χ2n) is 22.5. The fraction of sp³-hybridized carbons (Fsp3) is 0.686. The topological polar surface area (TPSA) is 114 Å². The second kappa shape index (κ2) is 58.6. The van der Waals surface area contributed by atoms with E-state index in [9.17, 15) is 19.0 Å². The molecule has 0 rings (SSSR count). The van der Waals surface area contributed by atoms with Gasteiger partial charge >= 0.3 is 5.97 Å². The van der Waals surface area contributed by atoms with Crippen LogP contribution in [0.4, 0.5) is 0 Å². The Morgan fingerprint density at radius 2 is 0.800 bits per heavy atom. The van der Waals surface area contributed by atoms with Gasteiger partial charge in [0.1, 0.15) is 19.3 Å². The zero-order valence-corrected chi connectivity index (χ0v) is 53.1. The number of hydrogen-bond donors (Lipinski definition) is 1. The van der Waals surface area contributed by atoms with Crippen molar-refractivity contribution < 1.29 is 37.3 Å². The molecule has 3 unspecified atom stereocenters. The van der Waals surface area contributed by atoms with E-state index in [-0.39, 0.29) is 31.3 Å². The molecule has 0 spiro atoms. The maximum Gasteiger partial charge on any atom is 0.306 e. The summed E-state index contributed by atoms with van der Waals surface area (Å²) < 4.78 is 30.3. The summed E-state index contributed by atoms with van der Waals surface area (Å²) in [5.74, 6) is -0.596. The summed E-state index contributed by atoms with van der Waals surface area (Å²) in [5, 5.41) is 3.01. The number of carbonyl (C=O) groups excluding carboxylic acids is 2. The predicted octanol–water partition coefficient (Wildman–Crippen LogP) is 19.6. The van der Waals surface area contributed by atoms with Crippen LogP contribution in [0.25, 0.3) is 0 Å². The molecule has 0 bridgehead atoms. The molecule has 0 saturated heterocycles. The number of phosphoric ester groups is 1. The molecule has 1 N–H and O–H groups in total. The minimum atomic E-state index is -4.72. The number of hydrogen-bond acceptors (Lipinski definition) is 7. The summed E-state index contributed by atoms with van der Waals surface area (Å²) in [6.07, 6.45) is 81.6. The molecule has 0 saturated carbocycles. The molecule has 458 valence electrons. The van der Waals surface area contributed by atoms with Gasteiger partial charge < -0.3 is 28.5 Å². The molecule has 0 fully saturated rings. The molecule has 1 amide bonds. The van der Waals surface area contributed by atoms with E-state index in [1.54, 1.807) is 0 Å². The minimum absolute atomic E-state index is 0.0371. The molecular weight excluding hydrogens is 1010 g/mol. The highest BCUT2D eigenvalue weighted by atomic mass is 31.2. The van der Waals surface area contributed by atoms with Crippen LogP contribution in [-0.4, -0.2) is 69.4 Å². The summed E-state index contributed by atoms with van der Waals surface area (Å²) in [6, 6.07) is -0.919. The molecule has 9 nitrogen and oxygen atoms in total. The molecule has 0 aliphatic carbocycles. The van der Waals surface area contributed by atoms with Gasteiger partial charge in [-0.2, -0.15) is 0 Å². The zero-order valence-electron chi connectivity index (χ0n) is 52.2. The lowest BCUT2D eigenvalue weighted by Crippen LogP contribution is -2.47. The van der Waals surface area contributed by atoms with Crippen molar-refractivity contribution in [3.05, 3.63) is 122 Å². The smallest absolute Gasteiger partial charge is 0.306 e. The third-order valence-electron chi connectivity index (χ3n) is 13.6. The number of phosphoric acid groups is 1. The molecule has 0 radical (unpaired) electrons. The van der Waals surface area contributed by atoms with E-state index in [4.69, 9.17) is 13.8 Å². The van der Waals surface area contributed by atoms with Crippen molar-refractivity contribution in [1.29, 1.82) is 0 Å². The Morgan fingerprint density at radius 3 is 1.24 bits per heavy atom. The van der Waals surface area contributed by atoms with Crippen LogP contribution < -0.4 is 10.2 Å². The van der Waals surface area contributed by atoms with Crippen LogP contribution in [0.3, 0.4) is 0 Å². The fourth-order valence-corrected chi connectivity index (χ4v) is 9.37. The first-order valence-electron chi connectivity index (χ1n) is 32.3. The first kappa shape index (κ1) is 76.4. The first-order valence-corrected chi connectivity index (χ1v) is 33.8. The number of allylic oxidation sites excluding steroid dienone is 19. The van der Waals surface area contributed by atoms with Gasteiger partial charge in [-0.05, 0) is 122 Å². The Balaban J connectivity index is 5.29. The van der Waals surface area contributed by atoms with Crippen molar-refractivity contribution in [2.45, 2.75) is 270 Å². The average Bonchev–Trinajstić information content (AvgIpc) is 3.43. The third-order valence-corrected chi connectivity index (χ3v) is 14.6. The highest BCUT2D eigenvalue weighted by Gasteiger charge is 2.27. The molecule has 0 aromatic carbocycles. The lowest BCUT2D eigenvalue weighted by Gasteiger charge is -2.30. The van der Waals surface area contributed by atoms with Crippen molar-refractivity contribution in [3.63, 3.8) is 0 Å².